The van der Waals surface area contributed by atoms with Gasteiger partial charge in [0.2, 0.25) is 0 Å². The van der Waals surface area contributed by atoms with E-state index in [1.807, 2.05) is 12.1 Å². The van der Waals surface area contributed by atoms with E-state index in [0.29, 0.717) is 17.0 Å². The molecular formula is C12H13ClO. The molecule has 0 saturated heterocycles. The van der Waals surface area contributed by atoms with Gasteiger partial charge in [-0.2, -0.15) is 0 Å². The van der Waals surface area contributed by atoms with E-state index in [2.05, 4.69) is 6.58 Å². The zero-order valence-corrected chi connectivity index (χ0v) is 8.67. The van der Waals surface area contributed by atoms with Gasteiger partial charge in [0, 0.05) is 5.38 Å². The van der Waals surface area contributed by atoms with Crippen LogP contribution in [0.3, 0.4) is 0 Å². The molecule has 1 aromatic carbocycles. The lowest BCUT2D eigenvalue weighted by Gasteiger charge is -2.04. The Labute approximate surface area is 89.0 Å². The molecule has 14 heavy (non-hydrogen) atoms. The maximum absolute atomic E-state index is 9.62. The molecule has 2 atom stereocenters. The van der Waals surface area contributed by atoms with Gasteiger partial charge in [-0.3, -0.25) is 0 Å². The number of hydrogen-bond acceptors (Lipinski definition) is 1. The van der Waals surface area contributed by atoms with E-state index in [9.17, 15) is 5.11 Å². The van der Waals surface area contributed by atoms with Crippen LogP contribution >= 0.6 is 11.6 Å². The van der Waals surface area contributed by atoms with Gasteiger partial charge in [-0.15, -0.1) is 11.6 Å². The van der Waals surface area contributed by atoms with E-state index in [4.69, 9.17) is 11.6 Å². The number of aromatic hydroxyl groups is 1. The quantitative estimate of drug-likeness (QED) is 0.757. The summed E-state index contributed by atoms with van der Waals surface area (Å²) in [4.78, 5) is 0. The number of halogens is 1. The first-order valence-corrected chi connectivity index (χ1v) is 5.22. The second-order valence-corrected chi connectivity index (χ2v) is 4.37. The van der Waals surface area contributed by atoms with Gasteiger partial charge in [-0.05, 0) is 42.0 Å². The summed E-state index contributed by atoms with van der Waals surface area (Å²) in [6, 6.07) is 5.55. The molecule has 1 saturated carbocycles. The summed E-state index contributed by atoms with van der Waals surface area (Å²) in [7, 11) is 0. The Morgan fingerprint density at radius 3 is 2.86 bits per heavy atom. The van der Waals surface area contributed by atoms with Gasteiger partial charge in [0.1, 0.15) is 5.75 Å². The molecule has 1 fully saturated rings. The summed E-state index contributed by atoms with van der Waals surface area (Å²) < 4.78 is 0. The molecule has 2 unspecified atom stereocenters. The second-order valence-electron chi connectivity index (χ2n) is 3.81. The Morgan fingerprint density at radius 2 is 2.29 bits per heavy atom. The molecule has 74 valence electrons. The monoisotopic (exact) mass is 208 g/mol. The first kappa shape index (κ1) is 9.60. The highest BCUT2D eigenvalue weighted by molar-refractivity contribution is 6.22. The zero-order chi connectivity index (χ0) is 10.1. The minimum atomic E-state index is 0.307. The molecule has 0 aromatic heterocycles. The van der Waals surface area contributed by atoms with E-state index in [1.165, 1.54) is 0 Å². The molecule has 0 radical (unpaired) electrons. The van der Waals surface area contributed by atoms with Crippen LogP contribution in [0.15, 0.2) is 24.8 Å². The molecule has 0 heterocycles. The molecule has 2 heteroatoms. The number of phenolic OH excluding ortho intramolecular Hbond substituents is 1. The van der Waals surface area contributed by atoms with Crippen molar-refractivity contribution in [1.82, 2.24) is 0 Å². The van der Waals surface area contributed by atoms with Crippen molar-refractivity contribution in [2.45, 2.75) is 18.2 Å². The molecule has 0 amide bonds. The van der Waals surface area contributed by atoms with E-state index in [1.54, 1.807) is 12.1 Å². The smallest absolute Gasteiger partial charge is 0.118 e. The normalized spacial score (nSPS) is 24.6. The largest absolute Gasteiger partial charge is 0.508 e. The van der Waals surface area contributed by atoms with Gasteiger partial charge in [-0.25, -0.2) is 0 Å². The third-order valence-electron chi connectivity index (χ3n) is 2.66. The van der Waals surface area contributed by atoms with Crippen LogP contribution in [0, 0.1) is 5.92 Å². The van der Waals surface area contributed by atoms with Crippen molar-refractivity contribution in [2.24, 2.45) is 5.92 Å². The van der Waals surface area contributed by atoms with Crippen molar-refractivity contribution < 1.29 is 5.11 Å². The molecule has 1 nitrogen and oxygen atoms in total. The SMILES string of the molecule is C=Cc1ccc(O)c(CC2CC2Cl)c1. The molecule has 2 rings (SSSR count). The van der Waals surface area contributed by atoms with Crippen LogP contribution in [0.25, 0.3) is 6.08 Å². The van der Waals surface area contributed by atoms with Gasteiger partial charge in [0.25, 0.3) is 0 Å². The third-order valence-corrected chi connectivity index (χ3v) is 3.19. The van der Waals surface area contributed by atoms with E-state index < -0.39 is 0 Å². The number of hydrogen-bond donors (Lipinski definition) is 1. The van der Waals surface area contributed by atoms with E-state index in [-0.39, 0.29) is 0 Å². The van der Waals surface area contributed by atoms with Crippen molar-refractivity contribution in [3.63, 3.8) is 0 Å². The molecule has 1 aliphatic rings. The lowest BCUT2D eigenvalue weighted by Crippen LogP contribution is -1.91. The number of alkyl halides is 1. The van der Waals surface area contributed by atoms with Crippen LogP contribution in [-0.2, 0) is 6.42 Å². The minimum Gasteiger partial charge on any atom is -0.508 e. The van der Waals surface area contributed by atoms with Crippen LogP contribution in [0.2, 0.25) is 0 Å². The number of phenols is 1. The predicted octanol–water partition coefficient (Wildman–Crippen LogP) is 3.21. The van der Waals surface area contributed by atoms with Crippen LogP contribution in [0.5, 0.6) is 5.75 Å². The fourth-order valence-electron chi connectivity index (χ4n) is 1.60. The predicted molar refractivity (Wildman–Crippen MR) is 59.6 cm³/mol. The summed E-state index contributed by atoms with van der Waals surface area (Å²) in [6.07, 6.45) is 3.73. The molecule has 1 N–H and O–H groups in total. The fraction of sp³-hybridized carbons (Fsp3) is 0.333. The van der Waals surface area contributed by atoms with Crippen LogP contribution in [0.1, 0.15) is 17.5 Å². The molecule has 0 bridgehead atoms. The Kier molecular flexibility index (Phi) is 2.51. The lowest BCUT2D eigenvalue weighted by molar-refractivity contribution is 0.466. The number of benzene rings is 1. The maximum atomic E-state index is 9.62. The summed E-state index contributed by atoms with van der Waals surface area (Å²) in [5.74, 6) is 0.911. The summed E-state index contributed by atoms with van der Waals surface area (Å²) in [5, 5.41) is 9.92. The summed E-state index contributed by atoms with van der Waals surface area (Å²) >= 11 is 5.93. The highest BCUT2D eigenvalue weighted by Crippen LogP contribution is 2.40. The average Bonchev–Trinajstić information content (AvgIpc) is 2.86. The van der Waals surface area contributed by atoms with Crippen molar-refractivity contribution >= 4 is 17.7 Å². The highest BCUT2D eigenvalue weighted by atomic mass is 35.5. The molecule has 0 aliphatic heterocycles. The Balaban J connectivity index is 2.18. The highest BCUT2D eigenvalue weighted by Gasteiger charge is 2.35. The van der Waals surface area contributed by atoms with Crippen LogP contribution in [0.4, 0.5) is 0 Å². The van der Waals surface area contributed by atoms with Gasteiger partial charge < -0.3 is 5.11 Å². The van der Waals surface area contributed by atoms with Crippen LogP contribution < -0.4 is 0 Å². The Hall–Kier alpha value is -0.950. The molecule has 1 aromatic rings. The van der Waals surface area contributed by atoms with Crippen molar-refractivity contribution in [1.29, 1.82) is 0 Å². The Morgan fingerprint density at radius 1 is 1.57 bits per heavy atom. The standard InChI is InChI=1S/C12H13ClO/c1-2-8-3-4-12(14)10(5-8)6-9-7-11(9)13/h2-5,9,11,14H,1,6-7H2. The van der Waals surface area contributed by atoms with Crippen molar-refractivity contribution in [3.8, 4) is 5.75 Å². The third kappa shape index (κ3) is 1.93. The first-order valence-electron chi connectivity index (χ1n) is 4.79. The average molecular weight is 209 g/mol. The second kappa shape index (κ2) is 3.66. The van der Waals surface area contributed by atoms with Gasteiger partial charge in [0.05, 0.1) is 0 Å². The van der Waals surface area contributed by atoms with Gasteiger partial charge in [0.15, 0.2) is 0 Å². The first-order chi connectivity index (χ1) is 6.70. The van der Waals surface area contributed by atoms with Crippen LogP contribution in [-0.4, -0.2) is 10.5 Å². The topological polar surface area (TPSA) is 20.2 Å². The minimum absolute atomic E-state index is 0.307. The van der Waals surface area contributed by atoms with E-state index in [0.717, 1.165) is 24.0 Å². The fourth-order valence-corrected chi connectivity index (χ4v) is 1.92. The molecular weight excluding hydrogens is 196 g/mol. The van der Waals surface area contributed by atoms with Crippen molar-refractivity contribution in [3.05, 3.63) is 35.9 Å². The maximum Gasteiger partial charge on any atom is 0.118 e. The Bertz CT molecular complexity index is 359. The summed E-state index contributed by atoms with van der Waals surface area (Å²) in [6.45, 7) is 3.70. The lowest BCUT2D eigenvalue weighted by atomic mass is 10.0. The summed E-state index contributed by atoms with van der Waals surface area (Å²) in [5.41, 5.74) is 2.03. The molecule has 1 aliphatic carbocycles. The zero-order valence-electron chi connectivity index (χ0n) is 7.91. The van der Waals surface area contributed by atoms with Gasteiger partial charge >= 0.3 is 0 Å². The van der Waals surface area contributed by atoms with Gasteiger partial charge in [-0.1, -0.05) is 18.7 Å². The number of rotatable bonds is 3. The van der Waals surface area contributed by atoms with Crippen molar-refractivity contribution in [2.75, 3.05) is 0 Å². The molecule has 0 spiro atoms. The van der Waals surface area contributed by atoms with E-state index >= 15 is 0 Å².